The minimum Gasteiger partial charge on any atom is -0.504 e. The van der Waals surface area contributed by atoms with Gasteiger partial charge in [-0.2, -0.15) is 0 Å². The molecular weight excluding hydrogens is 338 g/mol. The molecule has 1 aliphatic rings. The van der Waals surface area contributed by atoms with Crippen LogP contribution in [0.5, 0.6) is 11.5 Å². The lowest BCUT2D eigenvalue weighted by Crippen LogP contribution is -2.33. The molecule has 2 aromatic rings. The third-order valence-electron chi connectivity index (χ3n) is 4.68. The van der Waals surface area contributed by atoms with Crippen molar-refractivity contribution in [1.82, 2.24) is 10.2 Å². The smallest absolute Gasteiger partial charge is 0.277 e. The first-order valence-electron chi connectivity index (χ1n) is 8.62. The highest BCUT2D eigenvalue weighted by Crippen LogP contribution is 2.33. The Labute approximate surface area is 151 Å². The first kappa shape index (κ1) is 18.2. The molecule has 0 amide bonds. The lowest BCUT2D eigenvalue weighted by atomic mass is 10.1. The van der Waals surface area contributed by atoms with Crippen LogP contribution in [0.2, 0.25) is 0 Å². The summed E-state index contributed by atoms with van der Waals surface area (Å²) in [6, 6.07) is 6.54. The van der Waals surface area contributed by atoms with Gasteiger partial charge in [0.05, 0.1) is 30.4 Å². The number of nitrogens with one attached hydrogen (secondary N) is 1. The Morgan fingerprint density at radius 3 is 2.81 bits per heavy atom. The van der Waals surface area contributed by atoms with Crippen LogP contribution in [0, 0.1) is 10.1 Å². The number of methoxy groups -OCH3 is 1. The molecule has 3 rings (SSSR count). The predicted octanol–water partition coefficient (Wildman–Crippen LogP) is 2.83. The SMILES string of the molecule is COc1cc(CNCC(c2ccco2)N2CCCC2)c([N+](=O)[O-])cc1O. The number of ether oxygens (including phenoxy) is 1. The number of likely N-dealkylation sites (tertiary alicyclic amines) is 1. The molecule has 8 heteroatoms. The fourth-order valence-electron chi connectivity index (χ4n) is 3.36. The fourth-order valence-corrected chi connectivity index (χ4v) is 3.36. The van der Waals surface area contributed by atoms with Crippen LogP contribution >= 0.6 is 0 Å². The number of hydrogen-bond acceptors (Lipinski definition) is 7. The lowest BCUT2D eigenvalue weighted by Gasteiger charge is -2.26. The number of aromatic hydroxyl groups is 1. The van der Waals surface area contributed by atoms with Gasteiger partial charge in [0.2, 0.25) is 0 Å². The van der Waals surface area contributed by atoms with Gasteiger partial charge in [0.1, 0.15) is 5.76 Å². The van der Waals surface area contributed by atoms with Crippen molar-refractivity contribution in [2.45, 2.75) is 25.4 Å². The molecule has 1 unspecified atom stereocenters. The summed E-state index contributed by atoms with van der Waals surface area (Å²) in [4.78, 5) is 13.1. The second-order valence-electron chi connectivity index (χ2n) is 6.32. The van der Waals surface area contributed by atoms with Gasteiger partial charge >= 0.3 is 0 Å². The van der Waals surface area contributed by atoms with Crippen molar-refractivity contribution in [2.75, 3.05) is 26.7 Å². The van der Waals surface area contributed by atoms with E-state index < -0.39 is 4.92 Å². The van der Waals surface area contributed by atoms with E-state index in [9.17, 15) is 15.2 Å². The van der Waals surface area contributed by atoms with E-state index in [-0.39, 0.29) is 29.8 Å². The Balaban J connectivity index is 1.72. The van der Waals surface area contributed by atoms with Crippen LogP contribution in [0.25, 0.3) is 0 Å². The van der Waals surface area contributed by atoms with E-state index in [2.05, 4.69) is 10.2 Å². The van der Waals surface area contributed by atoms with E-state index in [1.54, 1.807) is 6.26 Å². The van der Waals surface area contributed by atoms with Gasteiger partial charge in [-0.05, 0) is 44.1 Å². The van der Waals surface area contributed by atoms with Gasteiger partial charge in [0.15, 0.2) is 11.5 Å². The highest BCUT2D eigenvalue weighted by atomic mass is 16.6. The first-order chi connectivity index (χ1) is 12.6. The van der Waals surface area contributed by atoms with Crippen LogP contribution in [0.1, 0.15) is 30.2 Å². The quantitative estimate of drug-likeness (QED) is 0.551. The van der Waals surface area contributed by atoms with Crippen LogP contribution in [0.4, 0.5) is 5.69 Å². The number of nitro benzene ring substituents is 1. The van der Waals surface area contributed by atoms with E-state index in [1.807, 2.05) is 12.1 Å². The van der Waals surface area contributed by atoms with E-state index >= 15 is 0 Å². The van der Waals surface area contributed by atoms with Gasteiger partial charge in [-0.3, -0.25) is 15.0 Å². The maximum absolute atomic E-state index is 11.3. The molecule has 1 atom stereocenters. The maximum Gasteiger partial charge on any atom is 0.277 e. The molecule has 140 valence electrons. The average Bonchev–Trinajstić information content (AvgIpc) is 3.33. The van der Waals surface area contributed by atoms with E-state index in [4.69, 9.17) is 9.15 Å². The topological polar surface area (TPSA) is 101 Å². The average molecular weight is 361 g/mol. The van der Waals surface area contributed by atoms with Crippen molar-refractivity contribution in [3.8, 4) is 11.5 Å². The summed E-state index contributed by atoms with van der Waals surface area (Å²) in [5.74, 6) is 0.861. The molecule has 0 aliphatic carbocycles. The lowest BCUT2D eigenvalue weighted by molar-refractivity contribution is -0.385. The highest BCUT2D eigenvalue weighted by molar-refractivity contribution is 5.53. The summed E-state index contributed by atoms with van der Waals surface area (Å²) in [5, 5.41) is 24.3. The van der Waals surface area contributed by atoms with Crippen molar-refractivity contribution < 1.29 is 19.2 Å². The molecule has 0 bridgehead atoms. The second-order valence-corrected chi connectivity index (χ2v) is 6.32. The molecule has 0 spiro atoms. The van der Waals surface area contributed by atoms with Crippen molar-refractivity contribution in [3.63, 3.8) is 0 Å². The zero-order valence-corrected chi connectivity index (χ0v) is 14.7. The zero-order valence-electron chi connectivity index (χ0n) is 14.7. The molecule has 1 aliphatic heterocycles. The molecule has 8 nitrogen and oxygen atoms in total. The highest BCUT2D eigenvalue weighted by Gasteiger charge is 2.26. The Morgan fingerprint density at radius 2 is 2.19 bits per heavy atom. The predicted molar refractivity (Wildman–Crippen MR) is 95.3 cm³/mol. The molecule has 0 saturated carbocycles. The van der Waals surface area contributed by atoms with Gasteiger partial charge in [-0.1, -0.05) is 0 Å². The minimum absolute atomic E-state index is 0.0885. The summed E-state index contributed by atoms with van der Waals surface area (Å²) in [6.07, 6.45) is 3.99. The summed E-state index contributed by atoms with van der Waals surface area (Å²) < 4.78 is 10.6. The molecule has 1 saturated heterocycles. The van der Waals surface area contributed by atoms with Crippen molar-refractivity contribution in [1.29, 1.82) is 0 Å². The first-order valence-corrected chi connectivity index (χ1v) is 8.62. The van der Waals surface area contributed by atoms with E-state index in [0.29, 0.717) is 12.1 Å². The van der Waals surface area contributed by atoms with Crippen LogP contribution < -0.4 is 10.1 Å². The van der Waals surface area contributed by atoms with E-state index in [0.717, 1.165) is 37.8 Å². The molecule has 2 heterocycles. The van der Waals surface area contributed by atoms with Gasteiger partial charge in [-0.15, -0.1) is 0 Å². The minimum atomic E-state index is -0.499. The number of nitrogens with zero attached hydrogens (tertiary/aromatic N) is 2. The van der Waals surface area contributed by atoms with Crippen molar-refractivity contribution >= 4 is 5.69 Å². The molecule has 26 heavy (non-hydrogen) atoms. The van der Waals surface area contributed by atoms with Crippen molar-refractivity contribution in [2.24, 2.45) is 0 Å². The summed E-state index contributed by atoms with van der Waals surface area (Å²) in [6.45, 7) is 2.92. The Kier molecular flexibility index (Phi) is 5.75. The summed E-state index contributed by atoms with van der Waals surface area (Å²) in [5.41, 5.74) is 0.329. The number of nitro groups is 1. The van der Waals surface area contributed by atoms with Crippen LogP contribution in [0.15, 0.2) is 34.9 Å². The largest absolute Gasteiger partial charge is 0.504 e. The zero-order chi connectivity index (χ0) is 18.5. The van der Waals surface area contributed by atoms with Gasteiger partial charge in [0, 0.05) is 18.7 Å². The molecule has 1 aromatic carbocycles. The van der Waals surface area contributed by atoms with Crippen LogP contribution in [0.3, 0.4) is 0 Å². The maximum atomic E-state index is 11.3. The second kappa shape index (κ2) is 8.20. The van der Waals surface area contributed by atoms with Crippen molar-refractivity contribution in [3.05, 3.63) is 52.0 Å². The molecule has 1 aromatic heterocycles. The fraction of sp³-hybridized carbons (Fsp3) is 0.444. The number of hydrogen-bond donors (Lipinski definition) is 2. The van der Waals surface area contributed by atoms with Gasteiger partial charge in [0.25, 0.3) is 5.69 Å². The Bertz CT molecular complexity index is 742. The summed E-state index contributed by atoms with van der Waals surface area (Å²) in [7, 11) is 1.42. The number of rotatable bonds is 8. The van der Waals surface area contributed by atoms with E-state index in [1.165, 1.54) is 13.2 Å². The summed E-state index contributed by atoms with van der Waals surface area (Å²) >= 11 is 0. The Hall–Kier alpha value is -2.58. The Morgan fingerprint density at radius 1 is 1.42 bits per heavy atom. The standard InChI is InChI=1S/C18H23N3O5/c1-25-18-9-13(14(21(23)24)10-16(18)22)11-19-12-15(17-5-4-8-26-17)20-6-2-3-7-20/h4-5,8-10,15,19,22H,2-3,6-7,11-12H2,1H3. The molecule has 2 N–H and O–H groups in total. The molecular formula is C18H23N3O5. The molecule has 1 fully saturated rings. The van der Waals surface area contributed by atoms with Gasteiger partial charge in [-0.25, -0.2) is 0 Å². The normalized spacial score (nSPS) is 15.9. The number of benzene rings is 1. The van der Waals surface area contributed by atoms with Gasteiger partial charge < -0.3 is 19.6 Å². The molecule has 0 radical (unpaired) electrons. The monoisotopic (exact) mass is 361 g/mol. The number of phenolic OH excluding ortho intramolecular Hbond substituents is 1. The van der Waals surface area contributed by atoms with Crippen LogP contribution in [-0.4, -0.2) is 41.7 Å². The number of furan rings is 1. The number of phenols is 1. The third kappa shape index (κ3) is 3.97. The third-order valence-corrected chi connectivity index (χ3v) is 4.68. The van der Waals surface area contributed by atoms with Crippen LogP contribution in [-0.2, 0) is 6.54 Å².